The van der Waals surface area contributed by atoms with Crippen LogP contribution in [0, 0.1) is 5.41 Å². The van der Waals surface area contributed by atoms with Crippen LogP contribution in [0.5, 0.6) is 0 Å². The topological polar surface area (TPSA) is 89.9 Å². The van der Waals surface area contributed by atoms with Gasteiger partial charge in [0.25, 0.3) is 0 Å². The van der Waals surface area contributed by atoms with Gasteiger partial charge in [0.05, 0.1) is 0 Å². The van der Waals surface area contributed by atoms with Gasteiger partial charge in [-0.05, 0) is 0 Å². The van der Waals surface area contributed by atoms with Gasteiger partial charge in [-0.2, -0.15) is 0 Å². The second-order valence-corrected chi connectivity index (χ2v) is 4.10. The minimum Gasteiger partial charge on any atom is -0.478 e. The molecule has 0 heterocycles. The first kappa shape index (κ1) is 14.4. The van der Waals surface area contributed by atoms with Gasteiger partial charge >= 0.3 is 17.9 Å². The molecule has 0 aromatic rings. The molecule has 0 bridgehead atoms. The molecule has 92 valence electrons. The largest absolute Gasteiger partial charge is 0.478 e. The molecule has 6 heteroatoms. The Hall–Kier alpha value is -1.59. The fraction of sp³-hybridized carbons (Fsp3) is 0.700. The van der Waals surface area contributed by atoms with E-state index < -0.39 is 29.4 Å². The molecule has 16 heavy (non-hydrogen) atoms. The van der Waals surface area contributed by atoms with Crippen molar-refractivity contribution < 1.29 is 29.0 Å². The van der Waals surface area contributed by atoms with Gasteiger partial charge < -0.3 is 14.6 Å². The van der Waals surface area contributed by atoms with Gasteiger partial charge in [0.1, 0.15) is 6.61 Å². The Bertz CT molecular complexity index is 294. The lowest BCUT2D eigenvalue weighted by atomic mass is 9.87. The summed E-state index contributed by atoms with van der Waals surface area (Å²) in [5.74, 6) is -2.48. The highest BCUT2D eigenvalue weighted by atomic mass is 16.6. The van der Waals surface area contributed by atoms with Crippen LogP contribution in [0.1, 0.15) is 27.7 Å². The third-order valence-electron chi connectivity index (χ3n) is 1.87. The fourth-order valence-corrected chi connectivity index (χ4v) is 1.07. The van der Waals surface area contributed by atoms with Crippen LogP contribution in [0.4, 0.5) is 0 Å². The van der Waals surface area contributed by atoms with Crippen molar-refractivity contribution in [3.05, 3.63) is 0 Å². The minimum atomic E-state index is -1.34. The zero-order valence-electron chi connectivity index (χ0n) is 9.77. The van der Waals surface area contributed by atoms with E-state index in [1.54, 1.807) is 0 Å². The van der Waals surface area contributed by atoms with E-state index in [0.717, 1.165) is 6.92 Å². The summed E-state index contributed by atoms with van der Waals surface area (Å²) in [4.78, 5) is 32.3. The van der Waals surface area contributed by atoms with Gasteiger partial charge in [-0.15, -0.1) is 0 Å². The molecule has 0 aliphatic heterocycles. The molecule has 1 N–H and O–H groups in total. The van der Waals surface area contributed by atoms with E-state index in [1.807, 2.05) is 0 Å². The molecule has 0 fully saturated rings. The molecule has 6 nitrogen and oxygen atoms in total. The number of rotatable bonds is 5. The quantitative estimate of drug-likeness (QED) is 0.698. The lowest BCUT2D eigenvalue weighted by Crippen LogP contribution is -2.43. The van der Waals surface area contributed by atoms with Crippen molar-refractivity contribution in [3.63, 3.8) is 0 Å². The Balaban J connectivity index is 4.67. The molecule has 0 saturated carbocycles. The maximum atomic E-state index is 10.9. The van der Waals surface area contributed by atoms with E-state index >= 15 is 0 Å². The summed E-state index contributed by atoms with van der Waals surface area (Å²) in [6.07, 6.45) is -1.34. The summed E-state index contributed by atoms with van der Waals surface area (Å²) in [6, 6.07) is 0. The first-order valence-corrected chi connectivity index (χ1v) is 4.70. The first-order chi connectivity index (χ1) is 7.16. The van der Waals surface area contributed by atoms with Crippen LogP contribution in [0.25, 0.3) is 0 Å². The second kappa shape index (κ2) is 5.48. The molecule has 0 aromatic heterocycles. The minimum absolute atomic E-state index is 0.132. The van der Waals surface area contributed by atoms with Crippen molar-refractivity contribution in [1.29, 1.82) is 0 Å². The average molecular weight is 232 g/mol. The Morgan fingerprint density at radius 1 is 1.19 bits per heavy atom. The van der Waals surface area contributed by atoms with Crippen LogP contribution in [-0.2, 0) is 23.9 Å². The van der Waals surface area contributed by atoms with Crippen LogP contribution >= 0.6 is 0 Å². The molecule has 0 unspecified atom stereocenters. The smallest absolute Gasteiger partial charge is 0.345 e. The van der Waals surface area contributed by atoms with Crippen molar-refractivity contribution in [2.24, 2.45) is 5.41 Å². The van der Waals surface area contributed by atoms with E-state index in [9.17, 15) is 14.4 Å². The molecule has 0 aliphatic rings. The molecular weight excluding hydrogens is 216 g/mol. The Labute approximate surface area is 93.5 Å². The number of carboxylic acid groups (broad SMARTS) is 1. The summed E-state index contributed by atoms with van der Waals surface area (Å²) in [5, 5.41) is 8.91. The summed E-state index contributed by atoms with van der Waals surface area (Å²) in [7, 11) is 0. The number of carbonyl (C=O) groups excluding carboxylic acids is 2. The van der Waals surface area contributed by atoms with Gasteiger partial charge in [0, 0.05) is 19.3 Å². The number of esters is 2. The summed E-state index contributed by atoms with van der Waals surface area (Å²) < 4.78 is 9.40. The molecule has 1 atom stereocenters. The summed E-state index contributed by atoms with van der Waals surface area (Å²) >= 11 is 0. The Morgan fingerprint density at radius 2 is 1.69 bits per heavy atom. The molecular formula is C10H16O6. The normalized spacial score (nSPS) is 12.8. The van der Waals surface area contributed by atoms with Crippen LogP contribution < -0.4 is 0 Å². The molecule has 0 saturated heterocycles. The van der Waals surface area contributed by atoms with E-state index in [4.69, 9.17) is 9.84 Å². The number of hydrogen-bond donors (Lipinski definition) is 1. The molecule has 0 amide bonds. The lowest BCUT2D eigenvalue weighted by molar-refractivity contribution is -0.175. The number of carboxylic acids is 1. The number of carbonyl (C=O) groups is 3. The number of ether oxygens (including phenoxy) is 2. The van der Waals surface area contributed by atoms with Gasteiger partial charge in [0.15, 0.2) is 0 Å². The number of hydrogen-bond acceptors (Lipinski definition) is 5. The molecule has 0 rings (SSSR count). The molecule has 0 aromatic carbocycles. The van der Waals surface area contributed by atoms with E-state index in [0.29, 0.717) is 0 Å². The van der Waals surface area contributed by atoms with Crippen LogP contribution in [0.3, 0.4) is 0 Å². The van der Waals surface area contributed by atoms with Crippen molar-refractivity contribution in [2.75, 3.05) is 6.61 Å². The third-order valence-corrected chi connectivity index (χ3v) is 1.87. The summed E-state index contributed by atoms with van der Waals surface area (Å²) in [5.41, 5.74) is -0.983. The van der Waals surface area contributed by atoms with Gasteiger partial charge in [-0.3, -0.25) is 9.59 Å². The van der Waals surface area contributed by atoms with Crippen LogP contribution in [0.2, 0.25) is 0 Å². The SMILES string of the molecule is CC(=O)OCC(C)(C)[C@H](OC(C)=O)C(=O)O. The lowest BCUT2D eigenvalue weighted by Gasteiger charge is -2.29. The van der Waals surface area contributed by atoms with Crippen molar-refractivity contribution in [3.8, 4) is 0 Å². The van der Waals surface area contributed by atoms with E-state index in [2.05, 4.69) is 4.74 Å². The molecule has 0 spiro atoms. The van der Waals surface area contributed by atoms with Gasteiger partial charge in [0.2, 0.25) is 6.10 Å². The van der Waals surface area contributed by atoms with E-state index in [-0.39, 0.29) is 6.61 Å². The van der Waals surface area contributed by atoms with Crippen molar-refractivity contribution in [2.45, 2.75) is 33.8 Å². The summed E-state index contributed by atoms with van der Waals surface area (Å²) in [6.45, 7) is 5.29. The van der Waals surface area contributed by atoms with Crippen molar-refractivity contribution >= 4 is 17.9 Å². The zero-order chi connectivity index (χ0) is 12.9. The predicted octanol–water partition coefficient (Wildman–Crippen LogP) is 0.592. The van der Waals surface area contributed by atoms with Crippen LogP contribution in [-0.4, -0.2) is 35.7 Å². The highest BCUT2D eigenvalue weighted by molar-refractivity contribution is 5.77. The van der Waals surface area contributed by atoms with E-state index in [1.165, 1.54) is 20.8 Å². The maximum Gasteiger partial charge on any atom is 0.345 e. The van der Waals surface area contributed by atoms with Crippen molar-refractivity contribution in [1.82, 2.24) is 0 Å². The zero-order valence-corrected chi connectivity index (χ0v) is 9.77. The van der Waals surface area contributed by atoms with Gasteiger partial charge in [-0.1, -0.05) is 13.8 Å². The second-order valence-electron chi connectivity index (χ2n) is 4.10. The standard InChI is InChI=1S/C10H16O6/c1-6(11)15-5-10(3,4)8(9(13)14)16-7(2)12/h8H,5H2,1-4H3,(H,13,14)/t8-/m1/s1. The fourth-order valence-electron chi connectivity index (χ4n) is 1.07. The first-order valence-electron chi connectivity index (χ1n) is 4.70. The molecule has 0 aliphatic carbocycles. The molecule has 0 radical (unpaired) electrons. The van der Waals surface area contributed by atoms with Crippen LogP contribution in [0.15, 0.2) is 0 Å². The maximum absolute atomic E-state index is 10.9. The number of aliphatic carboxylic acids is 1. The highest BCUT2D eigenvalue weighted by Crippen LogP contribution is 2.24. The van der Waals surface area contributed by atoms with Gasteiger partial charge in [-0.25, -0.2) is 4.79 Å². The Morgan fingerprint density at radius 3 is 2.00 bits per heavy atom. The third kappa shape index (κ3) is 4.77. The monoisotopic (exact) mass is 232 g/mol. The average Bonchev–Trinajstić information content (AvgIpc) is 2.10. The predicted molar refractivity (Wildman–Crippen MR) is 53.6 cm³/mol. The Kier molecular flexibility index (Phi) is 4.94. The highest BCUT2D eigenvalue weighted by Gasteiger charge is 2.39.